The molecule has 1 aliphatic rings. The second-order valence-electron chi connectivity index (χ2n) is 4.73. The van der Waals surface area contributed by atoms with Crippen molar-refractivity contribution in [3.63, 3.8) is 0 Å². The lowest BCUT2D eigenvalue weighted by Gasteiger charge is -2.24. The van der Waals surface area contributed by atoms with Crippen molar-refractivity contribution < 1.29 is 14.6 Å². The maximum atomic E-state index is 11.4. The number of aryl methyl sites for hydroxylation is 1. The summed E-state index contributed by atoms with van der Waals surface area (Å²) in [6, 6.07) is 6.91. The van der Waals surface area contributed by atoms with Crippen molar-refractivity contribution in [1.29, 1.82) is 5.26 Å². The number of benzene rings is 1. The van der Waals surface area contributed by atoms with Crippen LogP contribution in [0.15, 0.2) is 18.2 Å². The van der Waals surface area contributed by atoms with Gasteiger partial charge in [-0.2, -0.15) is 5.26 Å². The molecule has 0 radical (unpaired) electrons. The molecule has 5 heteroatoms. The summed E-state index contributed by atoms with van der Waals surface area (Å²) in [6.45, 7) is 2.41. The minimum Gasteiger partial charge on any atom is -0.480 e. The Bertz CT molecular complexity index is 536. The second-order valence-corrected chi connectivity index (χ2v) is 4.73. The topological polar surface area (TPSA) is 73.6 Å². The van der Waals surface area contributed by atoms with Gasteiger partial charge in [0.1, 0.15) is 12.1 Å². The molecule has 1 aromatic carbocycles. The number of anilines is 1. The van der Waals surface area contributed by atoms with E-state index in [0.717, 1.165) is 5.56 Å². The van der Waals surface area contributed by atoms with Crippen molar-refractivity contribution in [1.82, 2.24) is 0 Å². The summed E-state index contributed by atoms with van der Waals surface area (Å²) in [4.78, 5) is 13.1. The number of carbonyl (C=O) groups is 1. The van der Waals surface area contributed by atoms with Crippen LogP contribution in [0.4, 0.5) is 5.69 Å². The quantitative estimate of drug-likeness (QED) is 0.892. The number of ether oxygens (including phenoxy) is 1. The van der Waals surface area contributed by atoms with Gasteiger partial charge in [0.2, 0.25) is 0 Å². The van der Waals surface area contributed by atoms with Gasteiger partial charge in [-0.05, 0) is 24.6 Å². The summed E-state index contributed by atoms with van der Waals surface area (Å²) >= 11 is 0. The Morgan fingerprint density at radius 3 is 2.89 bits per heavy atom. The third kappa shape index (κ3) is 2.54. The number of aliphatic carboxylic acids is 1. The number of carboxylic acids is 1. The Labute approximate surface area is 112 Å². The molecule has 1 N–H and O–H groups in total. The van der Waals surface area contributed by atoms with Crippen LogP contribution in [0.2, 0.25) is 0 Å². The molecule has 1 fully saturated rings. The van der Waals surface area contributed by atoms with Crippen LogP contribution in [0.1, 0.15) is 17.5 Å². The van der Waals surface area contributed by atoms with Gasteiger partial charge in [-0.15, -0.1) is 0 Å². The smallest absolute Gasteiger partial charge is 0.326 e. The van der Waals surface area contributed by atoms with E-state index in [1.807, 2.05) is 19.1 Å². The van der Waals surface area contributed by atoms with Gasteiger partial charge in [0, 0.05) is 20.1 Å². The third-order valence-corrected chi connectivity index (χ3v) is 3.46. The molecule has 1 aliphatic heterocycles. The summed E-state index contributed by atoms with van der Waals surface area (Å²) in [5, 5.41) is 18.5. The number of rotatable bonds is 3. The first-order valence-electron chi connectivity index (χ1n) is 6.09. The molecule has 0 amide bonds. The molecule has 5 nitrogen and oxygen atoms in total. The van der Waals surface area contributed by atoms with Gasteiger partial charge >= 0.3 is 5.97 Å². The van der Waals surface area contributed by atoms with Gasteiger partial charge in [0.25, 0.3) is 0 Å². The van der Waals surface area contributed by atoms with Gasteiger partial charge in [-0.1, -0.05) is 6.07 Å². The van der Waals surface area contributed by atoms with Crippen LogP contribution in [-0.4, -0.2) is 36.9 Å². The molecular weight excluding hydrogens is 244 g/mol. The van der Waals surface area contributed by atoms with Crippen LogP contribution in [0.25, 0.3) is 0 Å². The molecular formula is C14H16N2O3. The average Bonchev–Trinajstić information content (AvgIpc) is 2.83. The van der Waals surface area contributed by atoms with Crippen LogP contribution >= 0.6 is 0 Å². The lowest BCUT2D eigenvalue weighted by Crippen LogP contribution is -2.36. The zero-order chi connectivity index (χ0) is 14.0. The molecule has 19 heavy (non-hydrogen) atoms. The Balaban J connectivity index is 2.42. The van der Waals surface area contributed by atoms with E-state index in [2.05, 4.69) is 6.07 Å². The Kier molecular flexibility index (Phi) is 3.72. The summed E-state index contributed by atoms with van der Waals surface area (Å²) in [5.41, 5.74) is 2.17. The van der Waals surface area contributed by atoms with Crippen molar-refractivity contribution in [3.05, 3.63) is 29.3 Å². The fourth-order valence-electron chi connectivity index (χ4n) is 2.44. The van der Waals surface area contributed by atoms with E-state index in [9.17, 15) is 9.90 Å². The number of hydrogen-bond donors (Lipinski definition) is 1. The molecule has 0 spiro atoms. The number of methoxy groups -OCH3 is 1. The van der Waals surface area contributed by atoms with Crippen LogP contribution in [0, 0.1) is 18.3 Å². The van der Waals surface area contributed by atoms with Gasteiger partial charge in [-0.25, -0.2) is 4.79 Å². The molecule has 100 valence electrons. The highest BCUT2D eigenvalue weighted by molar-refractivity contribution is 5.80. The standard InChI is InChI=1S/C14H16N2O3/c1-9-3-4-10(7-15)12(5-9)16-8-11(19-2)6-13(16)14(17)18/h3-5,11,13H,6,8H2,1-2H3,(H,17,18). The van der Waals surface area contributed by atoms with Crippen molar-refractivity contribution in [3.8, 4) is 6.07 Å². The molecule has 0 bridgehead atoms. The van der Waals surface area contributed by atoms with E-state index < -0.39 is 12.0 Å². The minimum atomic E-state index is -0.884. The Morgan fingerprint density at radius 2 is 2.32 bits per heavy atom. The van der Waals surface area contributed by atoms with E-state index in [-0.39, 0.29) is 6.10 Å². The molecule has 2 atom stereocenters. The van der Waals surface area contributed by atoms with E-state index in [4.69, 9.17) is 10.00 Å². The lowest BCUT2D eigenvalue weighted by atomic mass is 10.1. The van der Waals surface area contributed by atoms with E-state index in [0.29, 0.717) is 24.2 Å². The predicted octanol–water partition coefficient (Wildman–Crippen LogP) is 1.54. The summed E-state index contributed by atoms with van der Waals surface area (Å²) in [5.74, 6) is -0.884. The molecule has 1 saturated heterocycles. The second kappa shape index (κ2) is 5.29. The zero-order valence-corrected chi connectivity index (χ0v) is 11.0. The van der Waals surface area contributed by atoms with Crippen LogP contribution in [0.3, 0.4) is 0 Å². The average molecular weight is 260 g/mol. The monoisotopic (exact) mass is 260 g/mol. The third-order valence-electron chi connectivity index (χ3n) is 3.46. The number of nitrogens with zero attached hydrogens (tertiary/aromatic N) is 2. The van der Waals surface area contributed by atoms with E-state index >= 15 is 0 Å². The van der Waals surface area contributed by atoms with Crippen LogP contribution < -0.4 is 4.90 Å². The summed E-state index contributed by atoms with van der Waals surface area (Å²) in [6.07, 6.45) is 0.318. The van der Waals surface area contributed by atoms with Gasteiger partial charge in [0.05, 0.1) is 17.4 Å². The predicted molar refractivity (Wildman–Crippen MR) is 70.1 cm³/mol. The van der Waals surface area contributed by atoms with Crippen molar-refractivity contribution >= 4 is 11.7 Å². The molecule has 0 aliphatic carbocycles. The van der Waals surface area contributed by atoms with E-state index in [1.54, 1.807) is 18.1 Å². The Morgan fingerprint density at radius 1 is 1.58 bits per heavy atom. The van der Waals surface area contributed by atoms with Gasteiger partial charge in [0.15, 0.2) is 0 Å². The number of nitriles is 1. The largest absolute Gasteiger partial charge is 0.480 e. The molecule has 0 aromatic heterocycles. The van der Waals surface area contributed by atoms with Crippen molar-refractivity contribution in [2.75, 3.05) is 18.6 Å². The van der Waals surface area contributed by atoms with E-state index in [1.165, 1.54) is 0 Å². The molecule has 2 unspecified atom stereocenters. The first kappa shape index (κ1) is 13.4. The van der Waals surface area contributed by atoms with Crippen LogP contribution in [-0.2, 0) is 9.53 Å². The fraction of sp³-hybridized carbons (Fsp3) is 0.429. The van der Waals surface area contributed by atoms with Crippen molar-refractivity contribution in [2.45, 2.75) is 25.5 Å². The maximum absolute atomic E-state index is 11.4. The first-order valence-corrected chi connectivity index (χ1v) is 6.09. The molecule has 1 heterocycles. The summed E-state index contributed by atoms with van der Waals surface area (Å²) < 4.78 is 5.26. The lowest BCUT2D eigenvalue weighted by molar-refractivity contribution is -0.138. The number of carboxylic acid groups (broad SMARTS) is 1. The highest BCUT2D eigenvalue weighted by atomic mass is 16.5. The molecule has 2 rings (SSSR count). The normalized spacial score (nSPS) is 22.3. The highest BCUT2D eigenvalue weighted by Crippen LogP contribution is 2.30. The fourth-order valence-corrected chi connectivity index (χ4v) is 2.44. The van der Waals surface area contributed by atoms with Gasteiger partial charge in [-0.3, -0.25) is 0 Å². The molecule has 1 aromatic rings. The summed E-state index contributed by atoms with van der Waals surface area (Å²) in [7, 11) is 1.58. The van der Waals surface area contributed by atoms with Gasteiger partial charge < -0.3 is 14.7 Å². The minimum absolute atomic E-state index is 0.117. The molecule has 0 saturated carbocycles. The first-order chi connectivity index (χ1) is 9.06. The van der Waals surface area contributed by atoms with Crippen LogP contribution in [0.5, 0.6) is 0 Å². The number of hydrogen-bond acceptors (Lipinski definition) is 4. The Hall–Kier alpha value is -2.06. The SMILES string of the molecule is COC1CC(C(=O)O)N(c2cc(C)ccc2C#N)C1. The zero-order valence-electron chi connectivity index (χ0n) is 11.0. The maximum Gasteiger partial charge on any atom is 0.326 e. The van der Waals surface area contributed by atoms with Crippen molar-refractivity contribution in [2.24, 2.45) is 0 Å². The highest BCUT2D eigenvalue weighted by Gasteiger charge is 2.38.